The van der Waals surface area contributed by atoms with E-state index in [0.29, 0.717) is 4.90 Å². The molecule has 0 unspecified atom stereocenters. The van der Waals surface area contributed by atoms with Gasteiger partial charge in [-0.1, -0.05) is 15.9 Å². The zero-order valence-electron chi connectivity index (χ0n) is 12.0. The summed E-state index contributed by atoms with van der Waals surface area (Å²) in [5.74, 6) is -1.74. The lowest BCUT2D eigenvalue weighted by Gasteiger charge is -2.46. The summed E-state index contributed by atoms with van der Waals surface area (Å²) in [5.41, 5.74) is -3.47. The summed E-state index contributed by atoms with van der Waals surface area (Å²) >= 11 is 3.02. The molecule has 1 aromatic carbocycles. The standard InChI is InChI=1S/C13H11BrF5NO4/c1-23-7-2-6(14)3-8(24-11(15)16)9(7)10(21)20-4-12(22,5-20)13(17,18)19/h2-3,11,22H,4-5H2,1H3. The Labute approximate surface area is 141 Å². The van der Waals surface area contributed by atoms with E-state index in [4.69, 9.17) is 4.74 Å². The average molecular weight is 420 g/mol. The SMILES string of the molecule is COc1cc(Br)cc(OC(F)F)c1C(=O)N1CC(O)(C(F)(F)F)C1. The molecule has 0 aromatic heterocycles. The molecule has 1 saturated heterocycles. The van der Waals surface area contributed by atoms with Crippen molar-refractivity contribution in [2.75, 3.05) is 20.2 Å². The number of carbonyl (C=O) groups excluding carboxylic acids is 1. The van der Waals surface area contributed by atoms with E-state index in [0.717, 1.165) is 13.2 Å². The summed E-state index contributed by atoms with van der Waals surface area (Å²) in [5, 5.41) is 9.39. The molecule has 24 heavy (non-hydrogen) atoms. The predicted molar refractivity (Wildman–Crippen MR) is 74.2 cm³/mol. The van der Waals surface area contributed by atoms with Crippen LogP contribution in [0.25, 0.3) is 0 Å². The first-order chi connectivity index (χ1) is 11.0. The highest BCUT2D eigenvalue weighted by Crippen LogP contribution is 2.41. The van der Waals surface area contributed by atoms with Crippen LogP contribution in [0.3, 0.4) is 0 Å². The van der Waals surface area contributed by atoms with Crippen LogP contribution in [-0.2, 0) is 0 Å². The average Bonchev–Trinajstić information content (AvgIpc) is 2.40. The topological polar surface area (TPSA) is 59.0 Å². The number of benzene rings is 1. The lowest BCUT2D eigenvalue weighted by atomic mass is 9.92. The summed E-state index contributed by atoms with van der Waals surface area (Å²) in [7, 11) is 1.16. The molecule has 1 aliphatic heterocycles. The van der Waals surface area contributed by atoms with Gasteiger partial charge in [0.25, 0.3) is 5.91 Å². The number of carbonyl (C=O) groups is 1. The minimum Gasteiger partial charge on any atom is -0.496 e. The third kappa shape index (κ3) is 3.41. The molecular formula is C13H11BrF5NO4. The molecule has 1 aromatic rings. The number of rotatable bonds is 4. The van der Waals surface area contributed by atoms with E-state index in [1.54, 1.807) is 0 Å². The first-order valence-electron chi connectivity index (χ1n) is 6.39. The number of amides is 1. The maximum absolute atomic E-state index is 12.6. The first-order valence-corrected chi connectivity index (χ1v) is 7.18. The highest BCUT2D eigenvalue weighted by Gasteiger charge is 2.62. The Morgan fingerprint density at radius 3 is 2.33 bits per heavy atom. The molecule has 5 nitrogen and oxygen atoms in total. The number of likely N-dealkylation sites (tertiary alicyclic amines) is 1. The lowest BCUT2D eigenvalue weighted by Crippen LogP contribution is -2.70. The second kappa shape index (κ2) is 6.36. The fraction of sp³-hybridized carbons (Fsp3) is 0.462. The second-order valence-corrected chi connectivity index (χ2v) is 5.97. The van der Waals surface area contributed by atoms with Crippen LogP contribution in [0.2, 0.25) is 0 Å². The molecule has 134 valence electrons. The molecule has 0 bridgehead atoms. The van der Waals surface area contributed by atoms with Gasteiger partial charge < -0.3 is 19.5 Å². The van der Waals surface area contributed by atoms with Crippen LogP contribution >= 0.6 is 15.9 Å². The molecule has 2 rings (SSSR count). The van der Waals surface area contributed by atoms with Crippen molar-refractivity contribution in [3.8, 4) is 11.5 Å². The summed E-state index contributed by atoms with van der Waals surface area (Å²) in [6, 6.07) is 2.35. The maximum atomic E-state index is 12.6. The third-order valence-electron chi connectivity index (χ3n) is 3.40. The molecule has 0 atom stereocenters. The lowest BCUT2D eigenvalue weighted by molar-refractivity contribution is -0.294. The molecule has 0 saturated carbocycles. The van der Waals surface area contributed by atoms with Gasteiger partial charge in [-0.05, 0) is 12.1 Å². The van der Waals surface area contributed by atoms with Crippen molar-refractivity contribution in [3.05, 3.63) is 22.2 Å². The van der Waals surface area contributed by atoms with E-state index in [1.165, 1.54) is 6.07 Å². The maximum Gasteiger partial charge on any atom is 0.420 e. The van der Waals surface area contributed by atoms with Crippen LogP contribution in [-0.4, -0.2) is 54.5 Å². The largest absolute Gasteiger partial charge is 0.496 e. The number of hydrogen-bond acceptors (Lipinski definition) is 4. The Hall–Kier alpha value is -1.62. The van der Waals surface area contributed by atoms with Gasteiger partial charge in [-0.2, -0.15) is 22.0 Å². The van der Waals surface area contributed by atoms with Gasteiger partial charge in [0.05, 0.1) is 20.2 Å². The fourth-order valence-corrected chi connectivity index (χ4v) is 2.60. The van der Waals surface area contributed by atoms with E-state index in [2.05, 4.69) is 20.7 Å². The first kappa shape index (κ1) is 18.7. The van der Waals surface area contributed by atoms with E-state index >= 15 is 0 Å². The zero-order chi connectivity index (χ0) is 18.3. The molecule has 1 fully saturated rings. The Bertz CT molecular complexity index is 646. The monoisotopic (exact) mass is 419 g/mol. The number of nitrogens with zero attached hydrogens (tertiary/aromatic N) is 1. The highest BCUT2D eigenvalue weighted by molar-refractivity contribution is 9.10. The van der Waals surface area contributed by atoms with Gasteiger partial charge in [0.15, 0.2) is 5.60 Å². The number of β-amino-alcohol motifs (C(OH)–C–C–N with tert-alkyl or cyclic N) is 1. The van der Waals surface area contributed by atoms with Crippen molar-refractivity contribution in [1.29, 1.82) is 0 Å². The molecule has 1 amide bonds. The number of hydrogen-bond donors (Lipinski definition) is 1. The Balaban J connectivity index is 2.33. The predicted octanol–water partition coefficient (Wildman–Crippen LogP) is 2.81. The van der Waals surface area contributed by atoms with Gasteiger partial charge in [0.2, 0.25) is 0 Å². The second-order valence-electron chi connectivity index (χ2n) is 5.05. The summed E-state index contributed by atoms with van der Waals surface area (Å²) in [4.78, 5) is 13.0. The quantitative estimate of drug-likeness (QED) is 0.762. The van der Waals surface area contributed by atoms with Crippen LogP contribution in [0.15, 0.2) is 16.6 Å². The molecule has 0 aliphatic carbocycles. The number of aliphatic hydroxyl groups is 1. The normalized spacial score (nSPS) is 16.8. The fourth-order valence-electron chi connectivity index (χ4n) is 2.18. The van der Waals surface area contributed by atoms with Crippen molar-refractivity contribution in [2.45, 2.75) is 18.4 Å². The minimum absolute atomic E-state index is 0.160. The van der Waals surface area contributed by atoms with Crippen molar-refractivity contribution >= 4 is 21.8 Å². The summed E-state index contributed by atoms with van der Waals surface area (Å²) < 4.78 is 72.4. The Kier molecular flexibility index (Phi) is 4.96. The molecule has 1 aliphatic rings. The molecule has 1 heterocycles. The summed E-state index contributed by atoms with van der Waals surface area (Å²) in [6.07, 6.45) is -4.91. The van der Waals surface area contributed by atoms with Gasteiger partial charge in [-0.25, -0.2) is 0 Å². The number of methoxy groups -OCH3 is 1. The minimum atomic E-state index is -4.91. The van der Waals surface area contributed by atoms with Crippen LogP contribution in [0.4, 0.5) is 22.0 Å². The van der Waals surface area contributed by atoms with Gasteiger partial charge in [-0.3, -0.25) is 4.79 Å². The Morgan fingerprint density at radius 2 is 1.88 bits per heavy atom. The number of ether oxygens (including phenoxy) is 2. The van der Waals surface area contributed by atoms with Gasteiger partial charge in [0.1, 0.15) is 17.1 Å². The van der Waals surface area contributed by atoms with Gasteiger partial charge in [-0.15, -0.1) is 0 Å². The highest BCUT2D eigenvalue weighted by atomic mass is 79.9. The van der Waals surface area contributed by atoms with Gasteiger partial charge in [0, 0.05) is 4.47 Å². The molecule has 0 radical (unpaired) electrons. The van der Waals surface area contributed by atoms with Crippen molar-refractivity contribution in [3.63, 3.8) is 0 Å². The number of alkyl halides is 5. The smallest absolute Gasteiger partial charge is 0.420 e. The van der Waals surface area contributed by atoms with Crippen LogP contribution < -0.4 is 9.47 Å². The molecular weight excluding hydrogens is 409 g/mol. The van der Waals surface area contributed by atoms with E-state index in [-0.39, 0.29) is 10.2 Å². The van der Waals surface area contributed by atoms with E-state index < -0.39 is 48.7 Å². The molecule has 1 N–H and O–H groups in total. The number of halogens is 6. The van der Waals surface area contributed by atoms with Crippen LogP contribution in [0.1, 0.15) is 10.4 Å². The van der Waals surface area contributed by atoms with Gasteiger partial charge >= 0.3 is 12.8 Å². The van der Waals surface area contributed by atoms with E-state index in [1.807, 2.05) is 0 Å². The zero-order valence-corrected chi connectivity index (χ0v) is 13.6. The van der Waals surface area contributed by atoms with Crippen molar-refractivity contribution in [1.82, 2.24) is 4.90 Å². The Morgan fingerprint density at radius 1 is 1.33 bits per heavy atom. The van der Waals surface area contributed by atoms with Crippen molar-refractivity contribution in [2.24, 2.45) is 0 Å². The summed E-state index contributed by atoms with van der Waals surface area (Å²) in [6.45, 7) is -5.27. The van der Waals surface area contributed by atoms with Crippen LogP contribution in [0, 0.1) is 0 Å². The third-order valence-corrected chi connectivity index (χ3v) is 3.86. The molecule has 11 heteroatoms. The van der Waals surface area contributed by atoms with E-state index in [9.17, 15) is 31.9 Å². The molecule has 0 spiro atoms. The van der Waals surface area contributed by atoms with Crippen LogP contribution in [0.5, 0.6) is 11.5 Å². The van der Waals surface area contributed by atoms with Crippen molar-refractivity contribution < 1.29 is 41.3 Å².